The van der Waals surface area contributed by atoms with Crippen molar-refractivity contribution in [1.29, 1.82) is 0 Å². The van der Waals surface area contributed by atoms with E-state index in [1.165, 1.54) is 11.3 Å². The van der Waals surface area contributed by atoms with Crippen LogP contribution in [0, 0.1) is 0 Å². The molecule has 0 aliphatic carbocycles. The van der Waals surface area contributed by atoms with Gasteiger partial charge in [-0.2, -0.15) is 0 Å². The first-order valence-corrected chi connectivity index (χ1v) is 4.93. The fourth-order valence-corrected chi connectivity index (χ4v) is 1.94. The molecule has 4 heteroatoms. The van der Waals surface area contributed by atoms with Crippen LogP contribution in [-0.4, -0.2) is 19.4 Å². The van der Waals surface area contributed by atoms with E-state index in [4.69, 9.17) is 11.6 Å². The average Bonchev–Trinajstić information content (AvgIpc) is 2.47. The molecule has 0 amide bonds. The molecular formula is C8H11ClN2S. The molecule has 0 aromatic carbocycles. The molecule has 0 saturated carbocycles. The number of aliphatic imine (C=N–C) groups is 1. The molecule has 0 aliphatic rings. The molecule has 2 nitrogen and oxygen atoms in total. The summed E-state index contributed by atoms with van der Waals surface area (Å²) in [6, 6.07) is 3.85. The van der Waals surface area contributed by atoms with Crippen molar-refractivity contribution < 1.29 is 0 Å². The van der Waals surface area contributed by atoms with Gasteiger partial charge in [0.1, 0.15) is 5.84 Å². The number of amidine groups is 1. The lowest BCUT2D eigenvalue weighted by Gasteiger charge is -2.02. The first-order chi connectivity index (χ1) is 5.77. The maximum absolute atomic E-state index is 5.80. The molecule has 0 radical (unpaired) electrons. The fraction of sp³-hybridized carbons (Fsp3) is 0.375. The zero-order valence-electron chi connectivity index (χ0n) is 7.10. The lowest BCUT2D eigenvalue weighted by molar-refractivity contribution is 0.965. The first-order valence-electron chi connectivity index (χ1n) is 3.74. The van der Waals surface area contributed by atoms with Crippen molar-refractivity contribution in [3.05, 3.63) is 21.3 Å². The van der Waals surface area contributed by atoms with E-state index in [1.807, 2.05) is 19.1 Å². The van der Waals surface area contributed by atoms with Crippen LogP contribution in [0.5, 0.6) is 0 Å². The molecule has 0 atom stereocenters. The summed E-state index contributed by atoms with van der Waals surface area (Å²) in [4.78, 5) is 5.21. The number of rotatable bonds is 2. The monoisotopic (exact) mass is 202 g/mol. The molecular weight excluding hydrogens is 192 g/mol. The van der Waals surface area contributed by atoms with E-state index < -0.39 is 0 Å². The molecule has 0 aliphatic heterocycles. The fourth-order valence-electron chi connectivity index (χ4n) is 0.885. The number of hydrogen-bond donors (Lipinski definition) is 1. The van der Waals surface area contributed by atoms with Gasteiger partial charge in [0.25, 0.3) is 0 Å². The number of nitrogens with one attached hydrogen (secondary N) is 1. The lowest BCUT2D eigenvalue weighted by Crippen LogP contribution is -2.22. The zero-order valence-corrected chi connectivity index (χ0v) is 8.67. The van der Waals surface area contributed by atoms with E-state index >= 15 is 0 Å². The predicted molar refractivity (Wildman–Crippen MR) is 55.5 cm³/mol. The minimum Gasteiger partial charge on any atom is -0.369 e. The van der Waals surface area contributed by atoms with Gasteiger partial charge in [0.2, 0.25) is 0 Å². The number of nitrogens with zero attached hydrogens (tertiary/aromatic N) is 1. The van der Waals surface area contributed by atoms with Crippen molar-refractivity contribution >= 4 is 28.8 Å². The highest BCUT2D eigenvalue weighted by molar-refractivity contribution is 7.18. The van der Waals surface area contributed by atoms with Gasteiger partial charge in [-0.25, -0.2) is 0 Å². The molecule has 1 heterocycles. The van der Waals surface area contributed by atoms with Gasteiger partial charge in [-0.1, -0.05) is 11.6 Å². The SMILES string of the molecule is CCNC(=NC)c1ccc(Cl)s1. The van der Waals surface area contributed by atoms with Gasteiger partial charge in [-0.3, -0.25) is 4.99 Å². The van der Waals surface area contributed by atoms with Crippen LogP contribution in [0.25, 0.3) is 0 Å². The summed E-state index contributed by atoms with van der Waals surface area (Å²) in [6.07, 6.45) is 0. The van der Waals surface area contributed by atoms with Gasteiger partial charge in [-0.15, -0.1) is 11.3 Å². The van der Waals surface area contributed by atoms with E-state index in [-0.39, 0.29) is 0 Å². The normalized spacial score (nSPS) is 11.8. The van der Waals surface area contributed by atoms with Crippen LogP contribution in [0.3, 0.4) is 0 Å². The molecule has 0 bridgehead atoms. The Balaban J connectivity index is 2.81. The van der Waals surface area contributed by atoms with E-state index in [2.05, 4.69) is 10.3 Å². The van der Waals surface area contributed by atoms with E-state index in [1.54, 1.807) is 7.05 Å². The van der Waals surface area contributed by atoms with Crippen LogP contribution in [0.4, 0.5) is 0 Å². The molecule has 0 unspecified atom stereocenters. The molecule has 66 valence electrons. The van der Waals surface area contributed by atoms with Crippen LogP contribution in [-0.2, 0) is 0 Å². The largest absolute Gasteiger partial charge is 0.369 e. The van der Waals surface area contributed by atoms with Crippen molar-refractivity contribution in [3.63, 3.8) is 0 Å². The first kappa shape index (κ1) is 9.55. The smallest absolute Gasteiger partial charge is 0.138 e. The summed E-state index contributed by atoms with van der Waals surface area (Å²) in [5.74, 6) is 0.911. The van der Waals surface area contributed by atoms with Crippen LogP contribution in [0.2, 0.25) is 4.34 Å². The van der Waals surface area contributed by atoms with Gasteiger partial charge < -0.3 is 5.32 Å². The third kappa shape index (κ3) is 2.22. The van der Waals surface area contributed by atoms with Crippen molar-refractivity contribution in [1.82, 2.24) is 5.32 Å². The van der Waals surface area contributed by atoms with Crippen LogP contribution >= 0.6 is 22.9 Å². The molecule has 1 rings (SSSR count). The Morgan fingerprint density at radius 3 is 2.83 bits per heavy atom. The summed E-state index contributed by atoms with van der Waals surface area (Å²) in [6.45, 7) is 2.92. The Morgan fingerprint density at radius 2 is 2.42 bits per heavy atom. The van der Waals surface area contributed by atoms with Crippen molar-refractivity contribution in [2.45, 2.75) is 6.92 Å². The summed E-state index contributed by atoms with van der Waals surface area (Å²) in [5, 5.41) is 3.16. The topological polar surface area (TPSA) is 24.4 Å². The van der Waals surface area contributed by atoms with Crippen LogP contribution < -0.4 is 5.32 Å². The van der Waals surface area contributed by atoms with Gasteiger partial charge in [0.05, 0.1) is 9.21 Å². The summed E-state index contributed by atoms with van der Waals surface area (Å²) in [5.41, 5.74) is 0. The van der Waals surface area contributed by atoms with E-state index in [0.717, 1.165) is 21.6 Å². The minimum absolute atomic E-state index is 0.795. The molecule has 1 aromatic rings. The van der Waals surface area contributed by atoms with Crippen molar-refractivity contribution in [3.8, 4) is 0 Å². The number of halogens is 1. The summed E-state index contributed by atoms with van der Waals surface area (Å²) >= 11 is 7.33. The number of hydrogen-bond acceptors (Lipinski definition) is 2. The summed E-state index contributed by atoms with van der Waals surface area (Å²) < 4.78 is 0.795. The minimum atomic E-state index is 0.795. The van der Waals surface area contributed by atoms with Gasteiger partial charge in [0, 0.05) is 13.6 Å². The Kier molecular flexibility index (Phi) is 3.56. The highest BCUT2D eigenvalue weighted by Crippen LogP contribution is 2.21. The maximum Gasteiger partial charge on any atom is 0.138 e. The molecule has 0 spiro atoms. The molecule has 12 heavy (non-hydrogen) atoms. The lowest BCUT2D eigenvalue weighted by atomic mass is 10.4. The third-order valence-corrected chi connectivity index (χ3v) is 2.61. The van der Waals surface area contributed by atoms with Crippen molar-refractivity contribution in [2.24, 2.45) is 4.99 Å². The second-order valence-corrected chi connectivity index (χ2v) is 3.92. The average molecular weight is 203 g/mol. The van der Waals surface area contributed by atoms with Gasteiger partial charge >= 0.3 is 0 Å². The zero-order chi connectivity index (χ0) is 8.97. The Labute approximate surface area is 81.3 Å². The van der Waals surface area contributed by atoms with Crippen LogP contribution in [0.15, 0.2) is 17.1 Å². The van der Waals surface area contributed by atoms with E-state index in [0.29, 0.717) is 0 Å². The van der Waals surface area contributed by atoms with Crippen molar-refractivity contribution in [2.75, 3.05) is 13.6 Å². The standard InChI is InChI=1S/C8H11ClN2S/c1-3-11-8(10-2)6-4-5-7(9)12-6/h4-5H,3H2,1-2H3,(H,10,11). The Bertz CT molecular complexity index is 280. The Hall–Kier alpha value is -0.540. The van der Waals surface area contributed by atoms with Gasteiger partial charge in [0.15, 0.2) is 0 Å². The quantitative estimate of drug-likeness (QED) is 0.578. The highest BCUT2D eigenvalue weighted by Gasteiger charge is 2.03. The molecule has 0 saturated heterocycles. The van der Waals surface area contributed by atoms with E-state index in [9.17, 15) is 0 Å². The second kappa shape index (κ2) is 4.48. The van der Waals surface area contributed by atoms with Crippen LogP contribution in [0.1, 0.15) is 11.8 Å². The maximum atomic E-state index is 5.80. The molecule has 0 fully saturated rings. The highest BCUT2D eigenvalue weighted by atomic mass is 35.5. The predicted octanol–water partition coefficient (Wildman–Crippen LogP) is 2.39. The molecule has 1 aromatic heterocycles. The summed E-state index contributed by atoms with van der Waals surface area (Å²) in [7, 11) is 1.77. The molecule has 1 N–H and O–H groups in total. The Morgan fingerprint density at radius 1 is 1.67 bits per heavy atom. The number of thiophene rings is 1. The van der Waals surface area contributed by atoms with Gasteiger partial charge in [-0.05, 0) is 19.1 Å². The third-order valence-electron chi connectivity index (χ3n) is 1.37. The second-order valence-electron chi connectivity index (χ2n) is 2.21.